The van der Waals surface area contributed by atoms with Gasteiger partial charge in [0.05, 0.1) is 19.9 Å². The average molecular weight is 443 g/mol. The van der Waals surface area contributed by atoms with E-state index in [9.17, 15) is 4.79 Å². The average Bonchev–Trinajstić information content (AvgIpc) is 3.18. The van der Waals surface area contributed by atoms with Gasteiger partial charge in [-0.3, -0.25) is 9.58 Å². The number of piperidine rings is 3. The molecule has 32 heavy (non-hydrogen) atoms. The fraction of sp³-hybridized carbons (Fsp3) is 0.583. The summed E-state index contributed by atoms with van der Waals surface area (Å²) in [7, 11) is 5.30. The first-order valence-corrected chi connectivity index (χ1v) is 11.3. The number of methoxy groups -OCH3 is 2. The summed E-state index contributed by atoms with van der Waals surface area (Å²) in [5.41, 5.74) is 3.19. The molecule has 3 aliphatic heterocycles. The molecule has 2 bridgehead atoms. The largest absolute Gasteiger partial charge is 0.493 e. The van der Waals surface area contributed by atoms with Crippen LogP contribution in [0.1, 0.15) is 38.3 Å². The van der Waals surface area contributed by atoms with Crippen molar-refractivity contribution < 1.29 is 19.0 Å². The van der Waals surface area contributed by atoms with Crippen LogP contribution in [0, 0.1) is 5.92 Å². The van der Waals surface area contributed by atoms with Crippen LogP contribution >= 0.6 is 0 Å². The number of ether oxygens (including phenoxy) is 3. The van der Waals surface area contributed by atoms with Gasteiger partial charge in [-0.25, -0.2) is 4.79 Å². The van der Waals surface area contributed by atoms with E-state index in [1.807, 2.05) is 43.8 Å². The van der Waals surface area contributed by atoms with E-state index in [2.05, 4.69) is 16.3 Å². The van der Waals surface area contributed by atoms with E-state index in [1.165, 1.54) is 5.69 Å². The monoisotopic (exact) mass is 442 g/mol. The zero-order chi connectivity index (χ0) is 22.8. The number of nitrogens with one attached hydrogen (secondary N) is 1. The van der Waals surface area contributed by atoms with Crippen LogP contribution in [0.25, 0.3) is 11.3 Å². The van der Waals surface area contributed by atoms with Crippen molar-refractivity contribution in [1.29, 1.82) is 0 Å². The lowest BCUT2D eigenvalue weighted by Gasteiger charge is -2.49. The van der Waals surface area contributed by atoms with E-state index in [-0.39, 0.29) is 12.1 Å². The van der Waals surface area contributed by atoms with Crippen LogP contribution < -0.4 is 14.8 Å². The third-order valence-electron chi connectivity index (χ3n) is 6.67. The first-order chi connectivity index (χ1) is 15.4. The number of nitrogens with zero attached hydrogens (tertiary/aromatic N) is 3. The maximum atomic E-state index is 11.9. The molecule has 1 unspecified atom stereocenters. The lowest BCUT2D eigenvalue weighted by Crippen LogP contribution is -2.54. The minimum atomic E-state index is -0.328. The smallest absolute Gasteiger partial charge is 0.407 e. The maximum Gasteiger partial charge on any atom is 0.407 e. The Morgan fingerprint density at radius 1 is 1.22 bits per heavy atom. The SMILES string of the molecule is COc1ccc(-c2cc([C@H]3CN4CC[C@H]3C[C@@H]4COC(=O)NC(C)C)n(C)n2)cc1OC. The topological polar surface area (TPSA) is 77.9 Å². The number of alkyl carbamates (subject to hydrolysis) is 1. The van der Waals surface area contributed by atoms with Crippen LogP contribution in [-0.2, 0) is 11.8 Å². The summed E-state index contributed by atoms with van der Waals surface area (Å²) in [6.45, 7) is 6.34. The van der Waals surface area contributed by atoms with Gasteiger partial charge in [0.15, 0.2) is 11.5 Å². The lowest BCUT2D eigenvalue weighted by atomic mass is 9.74. The van der Waals surface area contributed by atoms with E-state index in [4.69, 9.17) is 19.3 Å². The molecule has 1 amide bonds. The summed E-state index contributed by atoms with van der Waals surface area (Å²) in [4.78, 5) is 14.3. The predicted molar refractivity (Wildman–Crippen MR) is 122 cm³/mol. The van der Waals surface area contributed by atoms with Gasteiger partial charge in [0.1, 0.15) is 6.61 Å². The van der Waals surface area contributed by atoms with Gasteiger partial charge in [-0.05, 0) is 63.4 Å². The molecule has 1 N–H and O–H groups in total. The van der Waals surface area contributed by atoms with Crippen molar-refractivity contribution in [2.24, 2.45) is 13.0 Å². The Kier molecular flexibility index (Phi) is 6.60. The summed E-state index contributed by atoms with van der Waals surface area (Å²) in [6, 6.07) is 8.48. The highest BCUT2D eigenvalue weighted by Gasteiger charge is 2.42. The minimum absolute atomic E-state index is 0.0831. The summed E-state index contributed by atoms with van der Waals surface area (Å²) in [5.74, 6) is 2.40. The normalized spacial score (nSPS) is 24.4. The van der Waals surface area contributed by atoms with Crippen molar-refractivity contribution in [2.75, 3.05) is 33.9 Å². The summed E-state index contributed by atoms with van der Waals surface area (Å²) >= 11 is 0. The molecule has 1 aromatic carbocycles. The second kappa shape index (κ2) is 9.40. The molecule has 8 heteroatoms. The van der Waals surface area contributed by atoms with Crippen LogP contribution in [0.2, 0.25) is 0 Å². The summed E-state index contributed by atoms with van der Waals surface area (Å²) < 4.78 is 18.3. The fourth-order valence-corrected chi connectivity index (χ4v) is 5.06. The molecule has 5 rings (SSSR count). The van der Waals surface area contributed by atoms with E-state index < -0.39 is 0 Å². The van der Waals surface area contributed by atoms with Crippen LogP contribution in [0.3, 0.4) is 0 Å². The van der Waals surface area contributed by atoms with Crippen LogP contribution in [0.5, 0.6) is 11.5 Å². The van der Waals surface area contributed by atoms with Crippen LogP contribution in [0.4, 0.5) is 4.79 Å². The van der Waals surface area contributed by atoms with E-state index in [0.29, 0.717) is 36.0 Å². The lowest BCUT2D eigenvalue weighted by molar-refractivity contribution is -0.00441. The van der Waals surface area contributed by atoms with Gasteiger partial charge in [0.2, 0.25) is 0 Å². The zero-order valence-electron chi connectivity index (χ0n) is 19.6. The quantitative estimate of drug-likeness (QED) is 0.708. The Morgan fingerprint density at radius 2 is 2.00 bits per heavy atom. The molecular weight excluding hydrogens is 408 g/mol. The molecule has 4 atom stereocenters. The molecule has 2 aromatic rings. The number of aromatic nitrogens is 2. The first-order valence-electron chi connectivity index (χ1n) is 11.3. The van der Waals surface area contributed by atoms with Crippen molar-refractivity contribution in [3.8, 4) is 22.8 Å². The highest BCUT2D eigenvalue weighted by molar-refractivity contribution is 5.67. The molecule has 0 saturated carbocycles. The van der Waals surface area contributed by atoms with Crippen molar-refractivity contribution in [3.05, 3.63) is 30.0 Å². The fourth-order valence-electron chi connectivity index (χ4n) is 5.06. The number of benzene rings is 1. The highest BCUT2D eigenvalue weighted by Crippen LogP contribution is 2.43. The minimum Gasteiger partial charge on any atom is -0.493 e. The number of hydrogen-bond acceptors (Lipinski definition) is 6. The number of hydrogen-bond donors (Lipinski definition) is 1. The zero-order valence-corrected chi connectivity index (χ0v) is 19.6. The molecule has 3 fully saturated rings. The van der Waals surface area contributed by atoms with Gasteiger partial charge >= 0.3 is 6.09 Å². The van der Waals surface area contributed by atoms with Gasteiger partial charge in [0.25, 0.3) is 0 Å². The maximum absolute atomic E-state index is 11.9. The number of carbonyl (C=O) groups is 1. The van der Waals surface area contributed by atoms with E-state index in [0.717, 1.165) is 37.2 Å². The molecule has 4 heterocycles. The van der Waals surface area contributed by atoms with Gasteiger partial charge in [-0.1, -0.05) is 0 Å². The molecular formula is C24H34N4O4. The van der Waals surface area contributed by atoms with E-state index in [1.54, 1.807) is 14.2 Å². The Labute approximate surface area is 189 Å². The summed E-state index contributed by atoms with van der Waals surface area (Å²) in [5, 5.41) is 7.59. The van der Waals surface area contributed by atoms with Crippen molar-refractivity contribution in [3.63, 3.8) is 0 Å². The molecule has 0 radical (unpaired) electrons. The van der Waals surface area contributed by atoms with Gasteiger partial charge in [-0.15, -0.1) is 0 Å². The van der Waals surface area contributed by atoms with Crippen molar-refractivity contribution in [1.82, 2.24) is 20.0 Å². The van der Waals surface area contributed by atoms with Crippen LogP contribution in [-0.4, -0.2) is 66.8 Å². The molecule has 174 valence electrons. The molecule has 3 saturated heterocycles. The van der Waals surface area contributed by atoms with Gasteiger partial charge in [-0.2, -0.15) is 5.10 Å². The molecule has 0 aliphatic carbocycles. The second-order valence-corrected chi connectivity index (χ2v) is 9.09. The second-order valence-electron chi connectivity index (χ2n) is 9.09. The third kappa shape index (κ3) is 4.55. The molecule has 1 aromatic heterocycles. The van der Waals surface area contributed by atoms with E-state index >= 15 is 0 Å². The van der Waals surface area contributed by atoms with Crippen molar-refractivity contribution >= 4 is 6.09 Å². The number of aryl methyl sites for hydroxylation is 1. The molecule has 8 nitrogen and oxygen atoms in total. The number of amides is 1. The summed E-state index contributed by atoms with van der Waals surface area (Å²) in [6.07, 6.45) is 1.87. The molecule has 0 spiro atoms. The highest BCUT2D eigenvalue weighted by atomic mass is 16.5. The Hall–Kier alpha value is -2.74. The van der Waals surface area contributed by atoms with Crippen molar-refractivity contribution in [2.45, 2.75) is 44.7 Å². The standard InChI is InChI=1S/C24H34N4O4/c1-15(2)25-24(29)32-14-18-10-16-8-9-28(18)13-19(16)21-12-20(26-27(21)3)17-6-7-22(30-4)23(11-17)31-5/h6-7,11-12,15-16,18-19H,8-10,13-14H2,1-5H3,(H,25,29)/t16-,18+,19-/m0/s1. The Morgan fingerprint density at radius 3 is 2.66 bits per heavy atom. The molecule has 3 aliphatic rings. The Balaban J connectivity index is 1.46. The van der Waals surface area contributed by atoms with Crippen LogP contribution in [0.15, 0.2) is 24.3 Å². The first kappa shape index (κ1) is 22.5. The van der Waals surface area contributed by atoms with Gasteiger partial charge in [0, 0.05) is 42.9 Å². The van der Waals surface area contributed by atoms with Gasteiger partial charge < -0.3 is 19.5 Å². The number of carbonyl (C=O) groups excluding carboxylic acids is 1. The number of rotatable bonds is 7. The Bertz CT molecular complexity index is 957. The predicted octanol–water partition coefficient (Wildman–Crippen LogP) is 3.42. The third-order valence-corrected chi connectivity index (χ3v) is 6.67. The number of fused-ring (bicyclic) bond motifs is 3.